The molecule has 1 aromatic heterocycles. The van der Waals surface area contributed by atoms with Crippen LogP contribution in [0.2, 0.25) is 0 Å². The van der Waals surface area contributed by atoms with Gasteiger partial charge in [0.15, 0.2) is 0 Å². The van der Waals surface area contributed by atoms with Crippen molar-refractivity contribution in [1.29, 1.82) is 5.41 Å². The molecule has 1 heterocycles. The summed E-state index contributed by atoms with van der Waals surface area (Å²) in [5.41, 5.74) is 3.78. The third-order valence-electron chi connectivity index (χ3n) is 3.86. The van der Waals surface area contributed by atoms with Crippen LogP contribution >= 0.6 is 0 Å². The molecule has 0 saturated heterocycles. The predicted octanol–water partition coefficient (Wildman–Crippen LogP) is 0.957. The van der Waals surface area contributed by atoms with Crippen molar-refractivity contribution in [3.8, 4) is 0 Å². The zero-order valence-corrected chi connectivity index (χ0v) is 14.8. The van der Waals surface area contributed by atoms with E-state index < -0.39 is 0 Å². The highest BCUT2D eigenvalue weighted by molar-refractivity contribution is 5.79. The van der Waals surface area contributed by atoms with Crippen molar-refractivity contribution in [1.82, 2.24) is 4.57 Å². The molecule has 0 fully saturated rings. The van der Waals surface area contributed by atoms with Crippen molar-refractivity contribution in [3.63, 3.8) is 0 Å². The fraction of sp³-hybridized carbons (Fsp3) is 0.471. The lowest BCUT2D eigenvalue weighted by Crippen LogP contribution is -3.00. The van der Waals surface area contributed by atoms with Crippen LogP contribution in [0.4, 0.5) is 0 Å². The van der Waals surface area contributed by atoms with Crippen molar-refractivity contribution in [3.05, 3.63) is 40.9 Å². The quantitative estimate of drug-likeness (QED) is 0.746. The number of nitrogens with one attached hydrogen (secondary N) is 1. The molecule has 1 aromatic carbocycles. The van der Waals surface area contributed by atoms with Gasteiger partial charge in [-0.1, -0.05) is 44.9 Å². The van der Waals surface area contributed by atoms with E-state index in [1.165, 1.54) is 29.6 Å². The van der Waals surface area contributed by atoms with E-state index in [0.717, 1.165) is 30.0 Å². The fourth-order valence-electron chi connectivity index (χ4n) is 2.81. The minimum Gasteiger partial charge on any atom is -1.00 e. The van der Waals surface area contributed by atoms with Gasteiger partial charge in [-0.25, -0.2) is 0 Å². The third kappa shape index (κ3) is 3.25. The van der Waals surface area contributed by atoms with Gasteiger partial charge in [0.05, 0.1) is 10.9 Å². The average Bonchev–Trinajstić information content (AvgIpc) is 2.44. The predicted molar refractivity (Wildman–Crippen MR) is 81.4 cm³/mol. The number of aryl methyl sites for hydroxylation is 1. The first-order valence-electron chi connectivity index (χ1n) is 7.34. The molecule has 2 nitrogen and oxygen atoms in total. The third-order valence-corrected chi connectivity index (χ3v) is 3.86. The number of aromatic nitrogens is 1. The van der Waals surface area contributed by atoms with Gasteiger partial charge in [-0.2, -0.15) is 0 Å². The van der Waals surface area contributed by atoms with E-state index >= 15 is 0 Å². The Morgan fingerprint density at radius 3 is 2.40 bits per heavy atom. The van der Waals surface area contributed by atoms with Crippen molar-refractivity contribution < 1.29 is 24.0 Å². The Morgan fingerprint density at radius 1 is 1.05 bits per heavy atom. The molecular formula is C17H24IN2-. The summed E-state index contributed by atoms with van der Waals surface area (Å²) in [6.07, 6.45) is 5.59. The summed E-state index contributed by atoms with van der Waals surface area (Å²) in [5.74, 6) is 0. The molecule has 110 valence electrons. The van der Waals surface area contributed by atoms with Gasteiger partial charge in [0.1, 0.15) is 0 Å². The number of benzene rings is 1. The fourth-order valence-corrected chi connectivity index (χ4v) is 2.81. The number of hydrogen-bond acceptors (Lipinski definition) is 1. The SMILES string of the molecule is CCCCc1c(CCC)c(=N)c2ccccc2n1C.[I-]. The molecule has 0 aliphatic heterocycles. The van der Waals surface area contributed by atoms with Crippen LogP contribution in [0.15, 0.2) is 24.3 Å². The molecule has 0 amide bonds. The molecule has 2 aromatic rings. The monoisotopic (exact) mass is 383 g/mol. The van der Waals surface area contributed by atoms with Crippen LogP contribution < -0.4 is 29.3 Å². The Balaban J connectivity index is 0.00000200. The number of unbranched alkanes of at least 4 members (excludes halogenated alkanes) is 1. The van der Waals surface area contributed by atoms with Crippen LogP contribution in [-0.2, 0) is 19.9 Å². The normalized spacial score (nSPS) is 10.6. The van der Waals surface area contributed by atoms with Gasteiger partial charge in [0.25, 0.3) is 0 Å². The Hall–Kier alpha value is -0.840. The lowest BCUT2D eigenvalue weighted by molar-refractivity contribution is -0.00000430. The van der Waals surface area contributed by atoms with Gasteiger partial charge in [0, 0.05) is 18.1 Å². The zero-order valence-electron chi connectivity index (χ0n) is 12.7. The van der Waals surface area contributed by atoms with Crippen molar-refractivity contribution in [2.45, 2.75) is 46.0 Å². The summed E-state index contributed by atoms with van der Waals surface area (Å²) in [5, 5.41) is 10.3. The highest BCUT2D eigenvalue weighted by atomic mass is 127. The smallest absolute Gasteiger partial charge is 0.0682 e. The summed E-state index contributed by atoms with van der Waals surface area (Å²) < 4.78 is 2.30. The average molecular weight is 383 g/mol. The first kappa shape index (κ1) is 17.2. The highest BCUT2D eigenvalue weighted by Crippen LogP contribution is 2.18. The summed E-state index contributed by atoms with van der Waals surface area (Å²) in [7, 11) is 2.14. The number of nitrogens with zero attached hydrogens (tertiary/aromatic N) is 1. The molecule has 0 saturated carbocycles. The molecule has 0 atom stereocenters. The van der Waals surface area contributed by atoms with Crippen molar-refractivity contribution in [2.24, 2.45) is 7.05 Å². The Kier molecular flexibility index (Phi) is 6.72. The zero-order chi connectivity index (χ0) is 13.8. The van der Waals surface area contributed by atoms with E-state index in [2.05, 4.69) is 43.7 Å². The Labute approximate surface area is 138 Å². The summed E-state index contributed by atoms with van der Waals surface area (Å²) >= 11 is 0. The van der Waals surface area contributed by atoms with E-state index in [-0.39, 0.29) is 24.0 Å². The molecule has 0 aliphatic rings. The van der Waals surface area contributed by atoms with Gasteiger partial charge in [-0.05, 0) is 30.9 Å². The van der Waals surface area contributed by atoms with Gasteiger partial charge in [-0.15, -0.1) is 0 Å². The maximum Gasteiger partial charge on any atom is 0.0682 e. The van der Waals surface area contributed by atoms with Gasteiger partial charge in [-0.3, -0.25) is 5.41 Å². The maximum atomic E-state index is 8.50. The number of hydrogen-bond donors (Lipinski definition) is 1. The molecule has 0 unspecified atom stereocenters. The standard InChI is InChI=1S/C17H24N2.HI/c1-4-6-11-15-13(9-5-2)17(18)14-10-7-8-12-16(14)19(15)3;/h7-8,10,12,18H,4-6,9,11H2,1-3H3;1H/p-1. The molecule has 0 radical (unpaired) electrons. The minimum atomic E-state index is 0. The lowest BCUT2D eigenvalue weighted by Gasteiger charge is -2.18. The first-order valence-corrected chi connectivity index (χ1v) is 7.34. The van der Waals surface area contributed by atoms with Crippen LogP contribution in [0.1, 0.15) is 44.4 Å². The van der Waals surface area contributed by atoms with Crippen LogP contribution in [0.5, 0.6) is 0 Å². The molecule has 0 bridgehead atoms. The van der Waals surface area contributed by atoms with E-state index in [4.69, 9.17) is 5.41 Å². The van der Waals surface area contributed by atoms with Gasteiger partial charge >= 0.3 is 0 Å². The number of fused-ring (bicyclic) bond motifs is 1. The number of para-hydroxylation sites is 1. The molecule has 3 heteroatoms. The maximum absolute atomic E-state index is 8.50. The first-order chi connectivity index (χ1) is 9.20. The topological polar surface area (TPSA) is 28.8 Å². The van der Waals surface area contributed by atoms with E-state index in [1.54, 1.807) is 0 Å². The molecule has 2 rings (SSSR count). The van der Waals surface area contributed by atoms with Crippen LogP contribution in [0, 0.1) is 5.41 Å². The van der Waals surface area contributed by atoms with Gasteiger partial charge < -0.3 is 28.5 Å². The second-order valence-corrected chi connectivity index (χ2v) is 5.23. The molecular weight excluding hydrogens is 359 g/mol. The Morgan fingerprint density at radius 2 is 1.75 bits per heavy atom. The largest absolute Gasteiger partial charge is 1.00 e. The van der Waals surface area contributed by atoms with Crippen LogP contribution in [-0.4, -0.2) is 4.57 Å². The van der Waals surface area contributed by atoms with E-state index in [9.17, 15) is 0 Å². The Bertz CT molecular complexity index is 629. The second kappa shape index (κ2) is 7.81. The number of pyridine rings is 1. The van der Waals surface area contributed by atoms with Crippen molar-refractivity contribution in [2.75, 3.05) is 0 Å². The summed E-state index contributed by atoms with van der Waals surface area (Å²) in [6.45, 7) is 4.42. The second-order valence-electron chi connectivity index (χ2n) is 5.23. The highest BCUT2D eigenvalue weighted by Gasteiger charge is 2.11. The summed E-state index contributed by atoms with van der Waals surface area (Å²) in [6, 6.07) is 8.28. The molecule has 1 N–H and O–H groups in total. The number of rotatable bonds is 5. The van der Waals surface area contributed by atoms with E-state index in [1.807, 2.05) is 6.07 Å². The van der Waals surface area contributed by atoms with Crippen LogP contribution in [0.3, 0.4) is 0 Å². The molecule has 0 spiro atoms. The molecule has 0 aliphatic carbocycles. The van der Waals surface area contributed by atoms with E-state index in [0.29, 0.717) is 0 Å². The minimum absolute atomic E-state index is 0. The van der Waals surface area contributed by atoms with Crippen LogP contribution in [0.25, 0.3) is 10.9 Å². The number of halogens is 1. The lowest BCUT2D eigenvalue weighted by atomic mass is 10.00. The van der Waals surface area contributed by atoms with Gasteiger partial charge in [0.2, 0.25) is 0 Å². The van der Waals surface area contributed by atoms with Crippen molar-refractivity contribution >= 4 is 10.9 Å². The molecule has 20 heavy (non-hydrogen) atoms. The summed E-state index contributed by atoms with van der Waals surface area (Å²) in [4.78, 5) is 0.